The maximum Gasteiger partial charge on any atom is 0.306 e. The molecule has 1 aliphatic carbocycles. The molecule has 1 fully saturated rings. The zero-order valence-electron chi connectivity index (χ0n) is 8.53. The third kappa shape index (κ3) is 3.62. The first-order valence-corrected chi connectivity index (χ1v) is 5.10. The van der Waals surface area contributed by atoms with Crippen molar-refractivity contribution in [1.82, 2.24) is 5.32 Å². The van der Waals surface area contributed by atoms with Crippen LogP contribution in [0.4, 0.5) is 0 Å². The van der Waals surface area contributed by atoms with Crippen LogP contribution in [-0.2, 0) is 9.59 Å². The molecule has 0 spiro atoms. The highest BCUT2D eigenvalue weighted by atomic mass is 16.4. The van der Waals surface area contributed by atoms with E-state index < -0.39 is 11.9 Å². The highest BCUT2D eigenvalue weighted by Crippen LogP contribution is 2.28. The van der Waals surface area contributed by atoms with E-state index in [1.807, 2.05) is 5.92 Å². The van der Waals surface area contributed by atoms with E-state index in [-0.39, 0.29) is 5.92 Å². The molecule has 15 heavy (non-hydrogen) atoms. The first-order valence-electron chi connectivity index (χ1n) is 5.10. The zero-order chi connectivity index (χ0) is 11.3. The van der Waals surface area contributed by atoms with Gasteiger partial charge in [-0.2, -0.15) is 0 Å². The number of carboxylic acids is 1. The molecule has 1 amide bonds. The number of carbonyl (C=O) groups is 2. The van der Waals surface area contributed by atoms with Gasteiger partial charge in [-0.3, -0.25) is 9.59 Å². The Balaban J connectivity index is 2.24. The van der Waals surface area contributed by atoms with Crippen LogP contribution in [-0.4, -0.2) is 23.5 Å². The molecule has 1 saturated carbocycles. The molecule has 0 bridgehead atoms. The molecule has 0 radical (unpaired) electrons. The molecule has 0 heterocycles. The highest BCUT2D eigenvalue weighted by molar-refractivity contribution is 5.92. The first kappa shape index (κ1) is 11.6. The number of terminal acetylenes is 1. The van der Waals surface area contributed by atoms with Crippen LogP contribution in [0.3, 0.4) is 0 Å². The lowest BCUT2D eigenvalue weighted by Gasteiger charge is -2.25. The number of amides is 1. The molecule has 0 aromatic rings. The SMILES string of the molecule is C#CC(=O)NCC1CCC(C(=O)O)CC1. The van der Waals surface area contributed by atoms with Gasteiger partial charge in [-0.25, -0.2) is 0 Å². The average Bonchev–Trinajstić information content (AvgIpc) is 2.26. The van der Waals surface area contributed by atoms with Crippen molar-refractivity contribution in [2.24, 2.45) is 11.8 Å². The van der Waals surface area contributed by atoms with Gasteiger partial charge >= 0.3 is 5.97 Å². The van der Waals surface area contributed by atoms with Gasteiger partial charge in [0.1, 0.15) is 0 Å². The topological polar surface area (TPSA) is 66.4 Å². The normalized spacial score (nSPS) is 25.3. The van der Waals surface area contributed by atoms with Gasteiger partial charge in [0.25, 0.3) is 5.91 Å². The Morgan fingerprint density at radius 3 is 2.40 bits per heavy atom. The number of aliphatic carboxylic acids is 1. The fourth-order valence-corrected chi connectivity index (χ4v) is 1.90. The number of hydrogen-bond donors (Lipinski definition) is 2. The Hall–Kier alpha value is -1.50. The van der Waals surface area contributed by atoms with Crippen LogP contribution < -0.4 is 5.32 Å². The van der Waals surface area contributed by atoms with Gasteiger partial charge in [0, 0.05) is 6.54 Å². The van der Waals surface area contributed by atoms with E-state index in [2.05, 4.69) is 5.32 Å². The maximum absolute atomic E-state index is 10.8. The summed E-state index contributed by atoms with van der Waals surface area (Å²) in [4.78, 5) is 21.5. The van der Waals surface area contributed by atoms with Crippen molar-refractivity contribution in [3.63, 3.8) is 0 Å². The molecule has 4 nitrogen and oxygen atoms in total. The maximum atomic E-state index is 10.8. The fourth-order valence-electron chi connectivity index (χ4n) is 1.90. The van der Waals surface area contributed by atoms with E-state index in [9.17, 15) is 9.59 Å². The average molecular weight is 209 g/mol. The molecule has 0 aliphatic heterocycles. The third-order valence-corrected chi connectivity index (χ3v) is 2.88. The van der Waals surface area contributed by atoms with Crippen molar-refractivity contribution in [2.75, 3.05) is 6.54 Å². The van der Waals surface area contributed by atoms with Crippen LogP contribution in [0, 0.1) is 24.2 Å². The molecule has 0 unspecified atom stereocenters. The summed E-state index contributed by atoms with van der Waals surface area (Å²) in [6.07, 6.45) is 8.01. The molecule has 0 aromatic heterocycles. The third-order valence-electron chi connectivity index (χ3n) is 2.88. The summed E-state index contributed by atoms with van der Waals surface area (Å²) in [5, 5.41) is 11.4. The summed E-state index contributed by atoms with van der Waals surface area (Å²) < 4.78 is 0. The standard InChI is InChI=1S/C11H15NO3/c1-2-10(13)12-7-8-3-5-9(6-4-8)11(14)15/h1,8-9H,3-7H2,(H,12,13)(H,14,15). The minimum absolute atomic E-state index is 0.204. The van der Waals surface area contributed by atoms with E-state index in [4.69, 9.17) is 11.5 Å². The van der Waals surface area contributed by atoms with Crippen LogP contribution in [0.25, 0.3) is 0 Å². The van der Waals surface area contributed by atoms with Crippen molar-refractivity contribution in [3.05, 3.63) is 0 Å². The second kappa shape index (κ2) is 5.40. The molecule has 2 N–H and O–H groups in total. The van der Waals surface area contributed by atoms with Crippen LogP contribution in [0.1, 0.15) is 25.7 Å². The quantitative estimate of drug-likeness (QED) is 0.670. The van der Waals surface area contributed by atoms with Crippen LogP contribution >= 0.6 is 0 Å². The summed E-state index contributed by atoms with van der Waals surface area (Å²) in [6, 6.07) is 0. The smallest absolute Gasteiger partial charge is 0.306 e. The minimum atomic E-state index is -0.707. The van der Waals surface area contributed by atoms with E-state index in [1.54, 1.807) is 0 Å². The number of carbonyl (C=O) groups excluding carboxylic acids is 1. The monoisotopic (exact) mass is 209 g/mol. The molecule has 1 rings (SSSR count). The molecule has 4 heteroatoms. The molecule has 0 atom stereocenters. The van der Waals surface area contributed by atoms with E-state index >= 15 is 0 Å². The van der Waals surface area contributed by atoms with Gasteiger partial charge in [-0.15, -0.1) is 6.42 Å². The summed E-state index contributed by atoms with van der Waals surface area (Å²) >= 11 is 0. The molecule has 0 aromatic carbocycles. The van der Waals surface area contributed by atoms with Gasteiger partial charge < -0.3 is 10.4 Å². The Morgan fingerprint density at radius 2 is 1.93 bits per heavy atom. The first-order chi connectivity index (χ1) is 7.13. The Bertz CT molecular complexity index is 285. The predicted molar refractivity (Wildman–Crippen MR) is 54.9 cm³/mol. The van der Waals surface area contributed by atoms with E-state index in [0.717, 1.165) is 12.8 Å². The second-order valence-corrected chi connectivity index (χ2v) is 3.91. The number of nitrogens with one attached hydrogen (secondary N) is 1. The summed E-state index contributed by atoms with van der Waals surface area (Å²) in [5.41, 5.74) is 0. The summed E-state index contributed by atoms with van der Waals surface area (Å²) in [7, 11) is 0. The Morgan fingerprint density at radius 1 is 1.33 bits per heavy atom. The van der Waals surface area contributed by atoms with Crippen LogP contribution in [0.15, 0.2) is 0 Å². The van der Waals surface area contributed by atoms with Crippen molar-refractivity contribution in [1.29, 1.82) is 0 Å². The molecular weight excluding hydrogens is 194 g/mol. The van der Waals surface area contributed by atoms with E-state index in [0.29, 0.717) is 25.3 Å². The molecular formula is C11H15NO3. The predicted octanol–water partition coefficient (Wildman–Crippen LogP) is 0.627. The van der Waals surface area contributed by atoms with Gasteiger partial charge in [0.2, 0.25) is 0 Å². The number of carboxylic acid groups (broad SMARTS) is 1. The molecule has 1 aliphatic rings. The lowest BCUT2D eigenvalue weighted by Crippen LogP contribution is -2.31. The lowest BCUT2D eigenvalue weighted by molar-refractivity contribution is -0.143. The van der Waals surface area contributed by atoms with Gasteiger partial charge in [-0.05, 0) is 37.5 Å². The van der Waals surface area contributed by atoms with Crippen molar-refractivity contribution >= 4 is 11.9 Å². The zero-order valence-corrected chi connectivity index (χ0v) is 8.53. The van der Waals surface area contributed by atoms with Crippen molar-refractivity contribution < 1.29 is 14.7 Å². The van der Waals surface area contributed by atoms with Crippen LogP contribution in [0.5, 0.6) is 0 Å². The van der Waals surface area contributed by atoms with Gasteiger partial charge in [0.05, 0.1) is 5.92 Å². The molecule has 0 saturated heterocycles. The highest BCUT2D eigenvalue weighted by Gasteiger charge is 2.25. The van der Waals surface area contributed by atoms with Crippen LogP contribution in [0.2, 0.25) is 0 Å². The van der Waals surface area contributed by atoms with Gasteiger partial charge in [-0.1, -0.05) is 0 Å². The number of hydrogen-bond acceptors (Lipinski definition) is 2. The number of rotatable bonds is 3. The summed E-state index contributed by atoms with van der Waals surface area (Å²) in [5.74, 6) is 1.06. The largest absolute Gasteiger partial charge is 0.481 e. The second-order valence-electron chi connectivity index (χ2n) is 3.91. The Labute approximate surface area is 89.0 Å². The summed E-state index contributed by atoms with van der Waals surface area (Å²) in [6.45, 7) is 0.565. The van der Waals surface area contributed by atoms with E-state index in [1.165, 1.54) is 0 Å². The fraction of sp³-hybridized carbons (Fsp3) is 0.636. The van der Waals surface area contributed by atoms with Gasteiger partial charge in [0.15, 0.2) is 0 Å². The van der Waals surface area contributed by atoms with Crippen molar-refractivity contribution in [2.45, 2.75) is 25.7 Å². The Kier molecular flexibility index (Phi) is 4.17. The lowest BCUT2D eigenvalue weighted by atomic mass is 9.82. The molecule has 82 valence electrons. The minimum Gasteiger partial charge on any atom is -0.481 e. The van der Waals surface area contributed by atoms with Crippen molar-refractivity contribution in [3.8, 4) is 12.3 Å².